The number of carboxylic acids is 2. The van der Waals surface area contributed by atoms with Crippen molar-refractivity contribution >= 4 is 11.9 Å². The summed E-state index contributed by atoms with van der Waals surface area (Å²) in [5.41, 5.74) is 1.83. The van der Waals surface area contributed by atoms with Crippen LogP contribution in [-0.4, -0.2) is 84.8 Å². The number of carbonyl (C=O) groups excluding carboxylic acids is 2. The van der Waals surface area contributed by atoms with E-state index < -0.39 is 25.2 Å². The topological polar surface area (TPSA) is 163 Å². The number of para-hydroxylation sites is 2. The van der Waals surface area contributed by atoms with Crippen LogP contribution in [0.4, 0.5) is 0 Å². The van der Waals surface area contributed by atoms with E-state index in [-0.39, 0.29) is 39.3 Å². The molecule has 2 aromatic rings. The average Bonchev–Trinajstić information content (AvgIpc) is 2.79. The number of rotatable bonds is 12. The number of aliphatic hydroxyl groups excluding tert-OH is 3. The summed E-state index contributed by atoms with van der Waals surface area (Å²) in [7, 11) is 0. The van der Waals surface area contributed by atoms with Gasteiger partial charge in [0.1, 0.15) is 24.7 Å². The van der Waals surface area contributed by atoms with Crippen molar-refractivity contribution in [2.24, 2.45) is 0 Å². The van der Waals surface area contributed by atoms with Crippen LogP contribution in [0.15, 0.2) is 48.5 Å². The average molecular weight is 545 g/mol. The van der Waals surface area contributed by atoms with Crippen molar-refractivity contribution in [1.82, 2.24) is 4.90 Å². The summed E-state index contributed by atoms with van der Waals surface area (Å²) in [6, 6.07) is 14.4. The Morgan fingerprint density at radius 2 is 1.03 bits per heavy atom. The third-order valence-electron chi connectivity index (χ3n) is 4.13. The van der Waals surface area contributed by atoms with Crippen LogP contribution in [-0.2, 0) is 29.1 Å². The molecule has 0 fully saturated rings. The minimum Gasteiger partial charge on any atom is -0.546 e. The first-order valence-corrected chi connectivity index (χ1v) is 10.6. The van der Waals surface area contributed by atoms with E-state index in [1.54, 1.807) is 29.2 Å². The van der Waals surface area contributed by atoms with Gasteiger partial charge in [-0.05, 0) is 37.1 Å². The number of benzene rings is 2. The molecule has 2 rings (SSSR count). The van der Waals surface area contributed by atoms with Crippen molar-refractivity contribution in [2.45, 2.75) is 13.8 Å². The first-order valence-electron chi connectivity index (χ1n) is 10.6. The molecule has 0 bridgehead atoms. The number of aliphatic carboxylic acids is 2. The van der Waals surface area contributed by atoms with Gasteiger partial charge in [0.05, 0.1) is 31.8 Å². The monoisotopic (exact) mass is 543 g/mol. The third-order valence-corrected chi connectivity index (χ3v) is 4.13. The van der Waals surface area contributed by atoms with Gasteiger partial charge in [-0.15, -0.1) is 0 Å². The summed E-state index contributed by atoms with van der Waals surface area (Å²) < 4.78 is 9.87. The molecule has 0 heterocycles. The molecule has 3 N–H and O–H groups in total. The van der Waals surface area contributed by atoms with Crippen LogP contribution in [0.1, 0.15) is 11.1 Å². The normalized spacial score (nSPS) is 9.54. The van der Waals surface area contributed by atoms with Crippen molar-refractivity contribution in [3.63, 3.8) is 0 Å². The molecule has 0 aliphatic carbocycles. The largest absolute Gasteiger partial charge is 2.00 e. The zero-order valence-electron chi connectivity index (χ0n) is 20.2. The molecule has 0 aliphatic rings. The molecule has 0 spiro atoms. The molecule has 0 amide bonds. The van der Waals surface area contributed by atoms with Gasteiger partial charge >= 0.3 is 19.5 Å². The van der Waals surface area contributed by atoms with E-state index >= 15 is 0 Å². The molecule has 190 valence electrons. The van der Waals surface area contributed by atoms with Crippen molar-refractivity contribution < 1.29 is 64.1 Å². The molecule has 11 heteroatoms. The Morgan fingerprint density at radius 1 is 0.714 bits per heavy atom. The Morgan fingerprint density at radius 3 is 1.29 bits per heavy atom. The van der Waals surface area contributed by atoms with Gasteiger partial charge in [-0.25, -0.2) is 0 Å². The number of ether oxygens (including phenoxy) is 2. The summed E-state index contributed by atoms with van der Waals surface area (Å²) in [5.74, 6) is -1.25. The third kappa shape index (κ3) is 18.4. The molecule has 0 aromatic heterocycles. The number of carbonyl (C=O) groups is 2. The van der Waals surface area contributed by atoms with Crippen LogP contribution in [0.2, 0.25) is 0 Å². The summed E-state index contributed by atoms with van der Waals surface area (Å²) in [6.45, 7) is 4.66. The van der Waals surface area contributed by atoms with E-state index in [0.717, 1.165) is 11.1 Å². The Kier molecular flexibility index (Phi) is 21.7. The van der Waals surface area contributed by atoms with Gasteiger partial charge in [0.2, 0.25) is 0 Å². The number of aliphatic hydroxyl groups is 3. The van der Waals surface area contributed by atoms with Gasteiger partial charge < -0.3 is 44.6 Å². The van der Waals surface area contributed by atoms with E-state index in [1.807, 2.05) is 38.1 Å². The second kappa shape index (κ2) is 21.9. The van der Waals surface area contributed by atoms with Crippen molar-refractivity contribution in [3.05, 3.63) is 59.7 Å². The van der Waals surface area contributed by atoms with Crippen LogP contribution in [0.5, 0.6) is 11.5 Å². The van der Waals surface area contributed by atoms with Gasteiger partial charge in [-0.2, -0.15) is 0 Å². The standard InChI is InChI=1S/2C9H10O3.C6H15NO3.Zn/c2*1-7-4-2-3-5-8(7)12-6-9(10)11;8-4-1-7(2-5-9)3-6-10;/h2*2-5H,6H2,1H3,(H,10,11);8-10H,1-6H2;/q;;;+2/p-2. The van der Waals surface area contributed by atoms with Gasteiger partial charge in [0.25, 0.3) is 0 Å². The summed E-state index contributed by atoms with van der Waals surface area (Å²) in [6.07, 6.45) is 0. The molecule has 0 unspecified atom stereocenters. The minimum absolute atomic E-state index is 0. The summed E-state index contributed by atoms with van der Waals surface area (Å²) in [4.78, 5) is 21.9. The molecule has 0 saturated carbocycles. The molecule has 0 saturated heterocycles. The zero-order chi connectivity index (χ0) is 25.8. The van der Waals surface area contributed by atoms with Crippen LogP contribution in [0.3, 0.4) is 0 Å². The van der Waals surface area contributed by atoms with Gasteiger partial charge in [-0.3, -0.25) is 4.90 Å². The number of hydrogen-bond acceptors (Lipinski definition) is 10. The fraction of sp³-hybridized carbons (Fsp3) is 0.417. The summed E-state index contributed by atoms with van der Waals surface area (Å²) in [5, 5.41) is 45.6. The number of hydrogen-bond donors (Lipinski definition) is 3. The maximum absolute atomic E-state index is 10.0. The van der Waals surface area contributed by atoms with Gasteiger partial charge in [0.15, 0.2) is 0 Å². The predicted octanol–water partition coefficient (Wildman–Crippen LogP) is -1.49. The van der Waals surface area contributed by atoms with E-state index in [4.69, 9.17) is 24.8 Å². The Hall–Kier alpha value is -2.56. The van der Waals surface area contributed by atoms with Crippen LogP contribution in [0, 0.1) is 13.8 Å². The number of aryl methyl sites for hydroxylation is 2. The second-order valence-corrected chi connectivity index (χ2v) is 6.86. The molecular formula is C24H33NO9Zn. The molecule has 2 aromatic carbocycles. The molecular weight excluding hydrogens is 512 g/mol. The molecule has 35 heavy (non-hydrogen) atoms. The van der Waals surface area contributed by atoms with Crippen molar-refractivity contribution in [2.75, 3.05) is 52.7 Å². The van der Waals surface area contributed by atoms with E-state index in [2.05, 4.69) is 0 Å². The minimum atomic E-state index is -1.21. The Balaban J connectivity index is 0. The quantitative estimate of drug-likeness (QED) is 0.268. The van der Waals surface area contributed by atoms with Gasteiger partial charge in [0, 0.05) is 19.6 Å². The maximum Gasteiger partial charge on any atom is 2.00 e. The van der Waals surface area contributed by atoms with E-state index in [9.17, 15) is 19.8 Å². The second-order valence-electron chi connectivity index (χ2n) is 6.86. The smallest absolute Gasteiger partial charge is 0.546 e. The fourth-order valence-corrected chi connectivity index (χ4v) is 2.47. The van der Waals surface area contributed by atoms with Crippen molar-refractivity contribution in [3.8, 4) is 11.5 Å². The number of carboxylic acid groups (broad SMARTS) is 2. The molecule has 0 atom stereocenters. The van der Waals surface area contributed by atoms with Gasteiger partial charge in [-0.1, -0.05) is 36.4 Å². The first kappa shape index (κ1) is 34.6. The van der Waals surface area contributed by atoms with Crippen LogP contribution >= 0.6 is 0 Å². The first-order chi connectivity index (χ1) is 16.2. The predicted molar refractivity (Wildman–Crippen MR) is 121 cm³/mol. The van der Waals surface area contributed by atoms with E-state index in [0.29, 0.717) is 31.1 Å². The maximum atomic E-state index is 10.0. The fourth-order valence-electron chi connectivity index (χ4n) is 2.47. The zero-order valence-corrected chi connectivity index (χ0v) is 23.2. The van der Waals surface area contributed by atoms with Crippen LogP contribution in [0.25, 0.3) is 0 Å². The molecule has 0 aliphatic heterocycles. The van der Waals surface area contributed by atoms with Crippen LogP contribution < -0.4 is 19.7 Å². The van der Waals surface area contributed by atoms with Crippen molar-refractivity contribution in [1.29, 1.82) is 0 Å². The Labute approximate surface area is 218 Å². The van der Waals surface area contributed by atoms with E-state index in [1.165, 1.54) is 0 Å². The summed E-state index contributed by atoms with van der Waals surface area (Å²) >= 11 is 0. The molecule has 0 radical (unpaired) electrons. The molecule has 10 nitrogen and oxygen atoms in total. The SMILES string of the molecule is Cc1ccccc1OCC(=O)[O-].Cc1ccccc1OCC(=O)[O-].OCCN(CCO)CCO.[Zn+2]. The Bertz CT molecular complexity index is 762. The number of nitrogens with zero attached hydrogens (tertiary/aromatic N) is 1.